The van der Waals surface area contributed by atoms with Crippen molar-refractivity contribution in [1.29, 1.82) is 0 Å². The summed E-state index contributed by atoms with van der Waals surface area (Å²) in [5.74, 6) is -0.950. The largest absolute Gasteiger partial charge is 0.462 e. The maximum atomic E-state index is 12.8. The minimum Gasteiger partial charge on any atom is -0.462 e. The van der Waals surface area contributed by atoms with E-state index in [4.69, 9.17) is 14.2 Å². The van der Waals surface area contributed by atoms with Crippen LogP contribution in [0.25, 0.3) is 0 Å². The molecule has 6 nitrogen and oxygen atoms in total. The summed E-state index contributed by atoms with van der Waals surface area (Å²) in [7, 11) is 0. The molecule has 65 heavy (non-hydrogen) atoms. The molecule has 0 aromatic heterocycles. The lowest BCUT2D eigenvalue weighted by molar-refractivity contribution is -0.167. The van der Waals surface area contributed by atoms with Crippen molar-refractivity contribution in [3.8, 4) is 0 Å². The zero-order chi connectivity index (χ0) is 47.2. The van der Waals surface area contributed by atoms with Gasteiger partial charge in [-0.2, -0.15) is 0 Å². The van der Waals surface area contributed by atoms with Gasteiger partial charge in [0.1, 0.15) is 13.2 Å². The van der Waals surface area contributed by atoms with Gasteiger partial charge in [0.05, 0.1) is 0 Å². The Morgan fingerprint density at radius 1 is 0.308 bits per heavy atom. The van der Waals surface area contributed by atoms with Crippen LogP contribution < -0.4 is 0 Å². The fourth-order valence-corrected chi connectivity index (χ4v) is 7.78. The summed E-state index contributed by atoms with van der Waals surface area (Å²) >= 11 is 0. The Hall–Kier alpha value is -2.89. The normalized spacial score (nSPS) is 12.5. The van der Waals surface area contributed by atoms with E-state index in [1.807, 2.05) is 0 Å². The first kappa shape index (κ1) is 62.1. The van der Waals surface area contributed by atoms with Crippen LogP contribution in [0.4, 0.5) is 0 Å². The fraction of sp³-hybridized carbons (Fsp3) is 0.780. The summed E-state index contributed by atoms with van der Waals surface area (Å²) in [5.41, 5.74) is 0. The van der Waals surface area contributed by atoms with Crippen LogP contribution in [0.1, 0.15) is 278 Å². The minimum absolute atomic E-state index is 0.0934. The molecule has 0 fully saturated rings. The number of hydrogen-bond donors (Lipinski definition) is 0. The van der Waals surface area contributed by atoms with Crippen molar-refractivity contribution in [1.82, 2.24) is 0 Å². The average Bonchev–Trinajstić information content (AvgIpc) is 3.30. The SMILES string of the molecule is CCCCCC=CCC=CCC=CCC=CCCCC(=O)OCC(COC(=O)CCCCCCCC=CCCCCCC)OC(=O)CCCCCCCCCCCCCCCCCCC. The first-order valence-corrected chi connectivity index (χ1v) is 27.8. The zero-order valence-electron chi connectivity index (χ0n) is 43.0. The fourth-order valence-electron chi connectivity index (χ4n) is 7.78. The zero-order valence-corrected chi connectivity index (χ0v) is 43.0. The number of unbranched alkanes of at least 4 members (excludes halogenated alkanes) is 29. The van der Waals surface area contributed by atoms with E-state index in [0.29, 0.717) is 19.3 Å². The van der Waals surface area contributed by atoms with E-state index >= 15 is 0 Å². The molecule has 0 rings (SSSR count). The van der Waals surface area contributed by atoms with E-state index in [9.17, 15) is 14.4 Å². The third-order valence-electron chi connectivity index (χ3n) is 12.0. The first-order chi connectivity index (χ1) is 32.0. The maximum Gasteiger partial charge on any atom is 0.306 e. The Morgan fingerprint density at radius 2 is 0.569 bits per heavy atom. The van der Waals surface area contributed by atoms with Gasteiger partial charge in [-0.25, -0.2) is 0 Å². The molecule has 0 saturated heterocycles. The van der Waals surface area contributed by atoms with Crippen LogP contribution in [-0.2, 0) is 28.6 Å². The lowest BCUT2D eigenvalue weighted by Crippen LogP contribution is -2.30. The first-order valence-electron chi connectivity index (χ1n) is 27.8. The number of allylic oxidation sites excluding steroid dienone is 10. The van der Waals surface area contributed by atoms with Crippen LogP contribution in [0, 0.1) is 0 Å². The van der Waals surface area contributed by atoms with Crippen LogP contribution in [0.2, 0.25) is 0 Å². The molecule has 0 aromatic carbocycles. The van der Waals surface area contributed by atoms with Crippen LogP contribution in [0.3, 0.4) is 0 Å². The molecule has 0 heterocycles. The summed E-state index contributed by atoms with van der Waals surface area (Å²) < 4.78 is 16.8. The number of carbonyl (C=O) groups is 3. The smallest absolute Gasteiger partial charge is 0.306 e. The van der Waals surface area contributed by atoms with E-state index in [-0.39, 0.29) is 37.5 Å². The summed E-state index contributed by atoms with van der Waals surface area (Å²) in [6, 6.07) is 0. The van der Waals surface area contributed by atoms with Crippen molar-refractivity contribution < 1.29 is 28.6 Å². The Balaban J connectivity index is 4.44. The highest BCUT2D eigenvalue weighted by Gasteiger charge is 2.19. The van der Waals surface area contributed by atoms with Crippen LogP contribution in [0.15, 0.2) is 60.8 Å². The molecule has 1 unspecified atom stereocenters. The van der Waals surface area contributed by atoms with E-state index in [1.54, 1.807) is 0 Å². The predicted octanol–water partition coefficient (Wildman–Crippen LogP) is 18.4. The number of ether oxygens (including phenoxy) is 3. The summed E-state index contributed by atoms with van der Waals surface area (Å²) in [6.07, 6.45) is 66.4. The molecule has 0 saturated carbocycles. The second-order valence-corrected chi connectivity index (χ2v) is 18.5. The molecule has 376 valence electrons. The van der Waals surface area contributed by atoms with Gasteiger partial charge in [-0.1, -0.05) is 236 Å². The number of esters is 3. The molecule has 0 spiro atoms. The third-order valence-corrected chi connectivity index (χ3v) is 12.0. The highest BCUT2D eigenvalue weighted by Crippen LogP contribution is 2.16. The maximum absolute atomic E-state index is 12.8. The molecule has 0 N–H and O–H groups in total. The van der Waals surface area contributed by atoms with Gasteiger partial charge in [0, 0.05) is 19.3 Å². The Bertz CT molecular complexity index is 1180. The molecule has 0 aliphatic rings. The van der Waals surface area contributed by atoms with Crippen molar-refractivity contribution in [3.05, 3.63) is 60.8 Å². The van der Waals surface area contributed by atoms with E-state index in [2.05, 4.69) is 81.5 Å². The molecular weight excluding hydrogens is 805 g/mol. The van der Waals surface area contributed by atoms with Gasteiger partial charge in [0.15, 0.2) is 6.10 Å². The highest BCUT2D eigenvalue weighted by atomic mass is 16.6. The Kier molecular flexibility index (Phi) is 51.3. The number of hydrogen-bond acceptors (Lipinski definition) is 6. The molecule has 1 atom stereocenters. The predicted molar refractivity (Wildman–Crippen MR) is 279 cm³/mol. The molecule has 6 heteroatoms. The van der Waals surface area contributed by atoms with Crippen LogP contribution >= 0.6 is 0 Å². The van der Waals surface area contributed by atoms with Gasteiger partial charge in [-0.15, -0.1) is 0 Å². The molecule has 0 amide bonds. The van der Waals surface area contributed by atoms with E-state index in [1.165, 1.54) is 161 Å². The van der Waals surface area contributed by atoms with Gasteiger partial charge < -0.3 is 14.2 Å². The monoisotopic (exact) mass is 909 g/mol. The van der Waals surface area contributed by atoms with Crippen molar-refractivity contribution >= 4 is 17.9 Å². The third kappa shape index (κ3) is 51.9. The Morgan fingerprint density at radius 3 is 0.985 bits per heavy atom. The van der Waals surface area contributed by atoms with Crippen molar-refractivity contribution in [2.75, 3.05) is 13.2 Å². The molecule has 0 aliphatic carbocycles. The second-order valence-electron chi connectivity index (χ2n) is 18.5. The van der Waals surface area contributed by atoms with Crippen molar-refractivity contribution in [2.45, 2.75) is 284 Å². The van der Waals surface area contributed by atoms with Gasteiger partial charge >= 0.3 is 17.9 Å². The van der Waals surface area contributed by atoms with Gasteiger partial charge in [0.25, 0.3) is 0 Å². The van der Waals surface area contributed by atoms with Gasteiger partial charge in [-0.05, 0) is 83.5 Å². The average molecular weight is 909 g/mol. The standard InChI is InChI=1S/C59H104O6/c1-4-7-10-13-16-19-22-25-27-29-31-34-37-40-43-46-49-52-58(61)64-55-56(54-63-57(60)51-48-45-42-39-36-33-24-21-18-15-12-9-6-3)65-59(62)53-50-47-44-41-38-35-32-30-28-26-23-20-17-14-11-8-5-2/h16,19,21,24-25,27,31,34,40,43,56H,4-15,17-18,20,22-23,26,28-30,32-33,35-39,41-42,44-55H2,1-3H3. The molecular formula is C59H104O6. The van der Waals surface area contributed by atoms with E-state index in [0.717, 1.165) is 70.6 Å². The second kappa shape index (κ2) is 53.7. The van der Waals surface area contributed by atoms with Crippen molar-refractivity contribution in [3.63, 3.8) is 0 Å². The molecule has 0 aromatic rings. The number of rotatable bonds is 50. The quantitative estimate of drug-likeness (QED) is 0.0262. The lowest BCUT2D eigenvalue weighted by Gasteiger charge is -2.18. The van der Waals surface area contributed by atoms with Crippen molar-refractivity contribution in [2.24, 2.45) is 0 Å². The summed E-state index contributed by atoms with van der Waals surface area (Å²) in [4.78, 5) is 38.0. The van der Waals surface area contributed by atoms with Gasteiger partial charge in [-0.3, -0.25) is 14.4 Å². The summed E-state index contributed by atoms with van der Waals surface area (Å²) in [5, 5.41) is 0. The molecule has 0 aliphatic heterocycles. The van der Waals surface area contributed by atoms with Gasteiger partial charge in [0.2, 0.25) is 0 Å². The van der Waals surface area contributed by atoms with Crippen LogP contribution in [0.5, 0.6) is 0 Å². The topological polar surface area (TPSA) is 78.9 Å². The molecule has 0 radical (unpaired) electrons. The Labute approximate surface area is 402 Å². The highest BCUT2D eigenvalue weighted by molar-refractivity contribution is 5.71. The lowest BCUT2D eigenvalue weighted by atomic mass is 10.0. The van der Waals surface area contributed by atoms with E-state index < -0.39 is 6.10 Å². The number of carbonyl (C=O) groups excluding carboxylic acids is 3. The minimum atomic E-state index is -0.797. The molecule has 0 bridgehead atoms. The van der Waals surface area contributed by atoms with Crippen LogP contribution in [-0.4, -0.2) is 37.2 Å². The summed E-state index contributed by atoms with van der Waals surface area (Å²) in [6.45, 7) is 6.56.